The number of hydrogen-bond acceptors (Lipinski definition) is 4. The molecule has 0 radical (unpaired) electrons. The molecule has 0 fully saturated rings. The highest BCUT2D eigenvalue weighted by Crippen LogP contribution is 2.10. The third kappa shape index (κ3) is 23.0. The van der Waals surface area contributed by atoms with Gasteiger partial charge in [0.05, 0.1) is 13.2 Å². The minimum absolute atomic E-state index is 0. The van der Waals surface area contributed by atoms with E-state index in [2.05, 4.69) is 11.1 Å². The van der Waals surface area contributed by atoms with E-state index in [-0.39, 0.29) is 36.3 Å². The van der Waals surface area contributed by atoms with Crippen LogP contribution >= 0.6 is 0 Å². The van der Waals surface area contributed by atoms with Gasteiger partial charge in [-0.3, -0.25) is 4.55 Å². The van der Waals surface area contributed by atoms with Crippen molar-refractivity contribution >= 4 is 33.5 Å². The molecule has 0 aromatic carbocycles. The molecule has 0 aromatic rings. The number of ether oxygens (including phenoxy) is 1. The summed E-state index contributed by atoms with van der Waals surface area (Å²) >= 11 is 0. The van der Waals surface area contributed by atoms with Crippen molar-refractivity contribution in [2.45, 2.75) is 71.1 Å². The van der Waals surface area contributed by atoms with Crippen LogP contribution in [0, 0.1) is 0 Å². The molecule has 0 spiro atoms. The minimum Gasteiger partial charge on any atom is -0.379 e. The standard InChI is InChI=1S/C14H30O5S.Mg.2H/c1-2-3-4-5-6-7-8-9-10-11-12-18-13-14-19-20(15,16)17;;;/h2-14H2,1H3,(H,15,16,17);;;. The summed E-state index contributed by atoms with van der Waals surface area (Å²) in [7, 11) is -4.32. The molecule has 0 unspecified atom stereocenters. The van der Waals surface area contributed by atoms with Crippen LogP contribution in [-0.2, 0) is 19.3 Å². The normalized spacial score (nSPS) is 11.3. The summed E-state index contributed by atoms with van der Waals surface area (Å²) in [6, 6.07) is 0. The molecule has 126 valence electrons. The van der Waals surface area contributed by atoms with Crippen molar-refractivity contribution in [2.75, 3.05) is 19.8 Å². The summed E-state index contributed by atoms with van der Waals surface area (Å²) in [6.07, 6.45) is 12.7. The highest BCUT2D eigenvalue weighted by molar-refractivity contribution is 7.80. The number of unbranched alkanes of at least 4 members (excludes halogenated alkanes) is 9. The molecular weight excluding hydrogens is 305 g/mol. The fourth-order valence-electron chi connectivity index (χ4n) is 1.99. The number of rotatable bonds is 15. The molecule has 5 nitrogen and oxygen atoms in total. The molecule has 0 heterocycles. The Kier molecular flexibility index (Phi) is 19.3. The maximum Gasteiger partial charge on any atom is 0.397 e. The van der Waals surface area contributed by atoms with Crippen LogP contribution in [0.4, 0.5) is 0 Å². The zero-order chi connectivity index (χ0) is 15.1. The van der Waals surface area contributed by atoms with Gasteiger partial charge in [0, 0.05) is 6.61 Å². The maximum atomic E-state index is 10.2. The summed E-state index contributed by atoms with van der Waals surface area (Å²) < 4.78 is 38.1. The Bertz CT molecular complexity index is 296. The average molecular weight is 337 g/mol. The Morgan fingerprint density at radius 2 is 1.24 bits per heavy atom. The van der Waals surface area contributed by atoms with Gasteiger partial charge in [-0.2, -0.15) is 8.42 Å². The van der Waals surface area contributed by atoms with Gasteiger partial charge in [-0.05, 0) is 6.42 Å². The summed E-state index contributed by atoms with van der Waals surface area (Å²) in [5.41, 5.74) is 0. The second kappa shape index (κ2) is 17.0. The largest absolute Gasteiger partial charge is 0.397 e. The average Bonchev–Trinajstić information content (AvgIpc) is 2.38. The van der Waals surface area contributed by atoms with Gasteiger partial charge in [0.2, 0.25) is 0 Å². The van der Waals surface area contributed by atoms with Gasteiger partial charge >= 0.3 is 33.5 Å². The van der Waals surface area contributed by atoms with Crippen molar-refractivity contribution in [1.82, 2.24) is 0 Å². The van der Waals surface area contributed by atoms with E-state index in [0.717, 1.165) is 12.8 Å². The number of hydrogen-bond donors (Lipinski definition) is 1. The van der Waals surface area contributed by atoms with Crippen LogP contribution in [0.15, 0.2) is 0 Å². The Balaban J connectivity index is 0. The summed E-state index contributed by atoms with van der Waals surface area (Å²) in [4.78, 5) is 0. The second-order valence-electron chi connectivity index (χ2n) is 5.04. The fourth-order valence-corrected chi connectivity index (χ4v) is 2.27. The van der Waals surface area contributed by atoms with Crippen LogP contribution in [0.2, 0.25) is 0 Å². The zero-order valence-electron chi connectivity index (χ0n) is 12.7. The van der Waals surface area contributed by atoms with Crippen LogP contribution in [0.5, 0.6) is 0 Å². The third-order valence-corrected chi connectivity index (χ3v) is 3.57. The first-order valence-corrected chi connectivity index (χ1v) is 9.12. The molecular formula is C14H32MgO5S. The van der Waals surface area contributed by atoms with E-state index in [9.17, 15) is 8.42 Å². The van der Waals surface area contributed by atoms with Gasteiger partial charge < -0.3 is 4.74 Å². The first-order chi connectivity index (χ1) is 9.56. The van der Waals surface area contributed by atoms with E-state index in [1.54, 1.807) is 0 Å². The lowest BCUT2D eigenvalue weighted by Gasteiger charge is -2.04. The van der Waals surface area contributed by atoms with Crippen LogP contribution in [-0.4, -0.2) is 55.8 Å². The molecule has 0 amide bonds. The van der Waals surface area contributed by atoms with Crippen LogP contribution in [0.3, 0.4) is 0 Å². The molecule has 1 N–H and O–H groups in total. The lowest BCUT2D eigenvalue weighted by molar-refractivity contribution is 0.0945. The Morgan fingerprint density at radius 1 is 0.762 bits per heavy atom. The van der Waals surface area contributed by atoms with Crippen LogP contribution < -0.4 is 0 Å². The van der Waals surface area contributed by atoms with E-state index in [0.29, 0.717) is 6.61 Å². The molecule has 0 bridgehead atoms. The summed E-state index contributed by atoms with van der Waals surface area (Å²) in [5.74, 6) is 0. The highest BCUT2D eigenvalue weighted by Gasteiger charge is 2.02. The lowest BCUT2D eigenvalue weighted by Crippen LogP contribution is -2.10. The van der Waals surface area contributed by atoms with Crippen molar-refractivity contribution in [3.63, 3.8) is 0 Å². The molecule has 0 aliphatic heterocycles. The molecule has 0 saturated carbocycles. The quantitative estimate of drug-likeness (QED) is 0.283. The molecule has 0 rings (SSSR count). The van der Waals surface area contributed by atoms with E-state index < -0.39 is 10.4 Å². The maximum absolute atomic E-state index is 10.2. The zero-order valence-corrected chi connectivity index (χ0v) is 13.5. The van der Waals surface area contributed by atoms with Crippen molar-refractivity contribution < 1.29 is 21.9 Å². The predicted octanol–water partition coefficient (Wildman–Crippen LogP) is 2.83. The molecule has 0 aliphatic rings. The lowest BCUT2D eigenvalue weighted by atomic mass is 10.1. The molecule has 0 aromatic heterocycles. The third-order valence-electron chi connectivity index (χ3n) is 3.10. The van der Waals surface area contributed by atoms with Crippen LogP contribution in [0.25, 0.3) is 0 Å². The van der Waals surface area contributed by atoms with E-state index >= 15 is 0 Å². The molecule has 0 aliphatic carbocycles. The topological polar surface area (TPSA) is 72.8 Å². The molecule has 7 heteroatoms. The van der Waals surface area contributed by atoms with Crippen molar-refractivity contribution in [1.29, 1.82) is 0 Å². The van der Waals surface area contributed by atoms with Gasteiger partial charge in [-0.25, -0.2) is 4.18 Å². The molecule has 0 saturated heterocycles. The van der Waals surface area contributed by atoms with Gasteiger partial charge in [0.25, 0.3) is 0 Å². The highest BCUT2D eigenvalue weighted by atomic mass is 32.3. The Labute approximate surface area is 146 Å². The Hall–Kier alpha value is 0.596. The smallest absolute Gasteiger partial charge is 0.379 e. The van der Waals surface area contributed by atoms with Gasteiger partial charge in [0.1, 0.15) is 0 Å². The van der Waals surface area contributed by atoms with Crippen LogP contribution in [0.1, 0.15) is 71.1 Å². The van der Waals surface area contributed by atoms with Gasteiger partial charge in [-0.1, -0.05) is 64.7 Å². The van der Waals surface area contributed by atoms with Gasteiger partial charge in [0.15, 0.2) is 0 Å². The van der Waals surface area contributed by atoms with E-state index in [4.69, 9.17) is 9.29 Å². The second-order valence-corrected chi connectivity index (χ2v) is 6.14. The first kappa shape index (κ1) is 23.9. The van der Waals surface area contributed by atoms with Crippen molar-refractivity contribution in [3.8, 4) is 0 Å². The van der Waals surface area contributed by atoms with Gasteiger partial charge in [-0.15, -0.1) is 0 Å². The predicted molar refractivity (Wildman–Crippen MR) is 88.7 cm³/mol. The molecule has 0 atom stereocenters. The Morgan fingerprint density at radius 3 is 1.71 bits per heavy atom. The minimum atomic E-state index is -4.32. The van der Waals surface area contributed by atoms with Crippen molar-refractivity contribution in [3.05, 3.63) is 0 Å². The summed E-state index contributed by atoms with van der Waals surface area (Å²) in [5, 5.41) is 0. The fraction of sp³-hybridized carbons (Fsp3) is 1.00. The first-order valence-electron chi connectivity index (χ1n) is 7.76. The van der Waals surface area contributed by atoms with E-state index in [1.165, 1.54) is 51.4 Å². The van der Waals surface area contributed by atoms with E-state index in [1.807, 2.05) is 0 Å². The van der Waals surface area contributed by atoms with Crippen molar-refractivity contribution in [2.24, 2.45) is 0 Å². The monoisotopic (exact) mass is 336 g/mol. The summed E-state index contributed by atoms with van der Waals surface area (Å²) in [6.45, 7) is 2.91. The molecule has 21 heavy (non-hydrogen) atoms. The SMILES string of the molecule is CCCCCCCCCCCCOCCOS(=O)(=O)O.[MgH2].